The van der Waals surface area contributed by atoms with E-state index in [1.807, 2.05) is 66.7 Å². The van der Waals surface area contributed by atoms with Crippen LogP contribution in [0, 0.1) is 0 Å². The molecule has 0 spiro atoms. The molecule has 0 aliphatic heterocycles. The van der Waals surface area contributed by atoms with Crippen molar-refractivity contribution in [2.45, 2.75) is 0 Å². The molecule has 0 atom stereocenters. The van der Waals surface area contributed by atoms with Crippen LogP contribution in [0.2, 0.25) is 0 Å². The molecule has 3 aromatic carbocycles. The fraction of sp³-hybridized carbons (Fsp3) is 0.0952. The summed E-state index contributed by atoms with van der Waals surface area (Å²) in [5.74, 6) is 1.32. The van der Waals surface area contributed by atoms with Crippen molar-refractivity contribution in [2.75, 3.05) is 19.1 Å². The average molecular weight is 333 g/mol. The van der Waals surface area contributed by atoms with Gasteiger partial charge in [-0.25, -0.2) is 0 Å². The molecule has 4 nitrogen and oxygen atoms in total. The molecular weight excluding hydrogens is 314 g/mol. The number of benzene rings is 3. The normalized spacial score (nSPS) is 10.2. The maximum absolute atomic E-state index is 13.2. The molecule has 25 heavy (non-hydrogen) atoms. The Morgan fingerprint density at radius 2 is 1.40 bits per heavy atom. The second-order valence-electron chi connectivity index (χ2n) is 5.41. The highest BCUT2D eigenvalue weighted by Crippen LogP contribution is 2.31. The summed E-state index contributed by atoms with van der Waals surface area (Å²) in [6.07, 6.45) is 0. The van der Waals surface area contributed by atoms with Crippen LogP contribution in [-0.4, -0.2) is 20.1 Å². The lowest BCUT2D eigenvalue weighted by molar-refractivity contribution is 0.0999. The van der Waals surface area contributed by atoms with E-state index < -0.39 is 0 Å². The van der Waals surface area contributed by atoms with E-state index >= 15 is 0 Å². The van der Waals surface area contributed by atoms with Crippen LogP contribution in [0.4, 0.5) is 11.4 Å². The standard InChI is InChI=1S/C21H19NO3/c1-24-19-13-11-17(12-14-19)22(18-9-6-10-20(15-18)25-2)21(23)16-7-4-3-5-8-16/h3-15H,1-2H3. The summed E-state index contributed by atoms with van der Waals surface area (Å²) in [6, 6.07) is 24.0. The van der Waals surface area contributed by atoms with E-state index in [4.69, 9.17) is 9.47 Å². The van der Waals surface area contributed by atoms with Crippen LogP contribution in [0.1, 0.15) is 10.4 Å². The second kappa shape index (κ2) is 7.53. The van der Waals surface area contributed by atoms with Crippen LogP contribution in [0.25, 0.3) is 0 Å². The van der Waals surface area contributed by atoms with Gasteiger partial charge in [-0.05, 0) is 48.5 Å². The number of hydrogen-bond donors (Lipinski definition) is 0. The first-order valence-corrected chi connectivity index (χ1v) is 7.90. The minimum Gasteiger partial charge on any atom is -0.497 e. The van der Waals surface area contributed by atoms with Gasteiger partial charge >= 0.3 is 0 Å². The molecule has 0 heterocycles. The molecule has 0 fully saturated rings. The van der Waals surface area contributed by atoms with Crippen LogP contribution in [0.15, 0.2) is 78.9 Å². The molecule has 3 aromatic rings. The van der Waals surface area contributed by atoms with Gasteiger partial charge in [0.1, 0.15) is 11.5 Å². The van der Waals surface area contributed by atoms with E-state index in [2.05, 4.69) is 0 Å². The molecule has 0 N–H and O–H groups in total. The number of amides is 1. The zero-order valence-corrected chi connectivity index (χ0v) is 14.2. The Morgan fingerprint density at radius 1 is 0.720 bits per heavy atom. The molecule has 0 saturated carbocycles. The van der Waals surface area contributed by atoms with Crippen LogP contribution in [-0.2, 0) is 0 Å². The molecule has 0 aliphatic carbocycles. The monoisotopic (exact) mass is 333 g/mol. The van der Waals surface area contributed by atoms with Crippen molar-refractivity contribution in [3.05, 3.63) is 84.4 Å². The van der Waals surface area contributed by atoms with Gasteiger partial charge in [-0.1, -0.05) is 24.3 Å². The Kier molecular flexibility index (Phi) is 5.00. The Balaban J connectivity index is 2.08. The molecule has 1 amide bonds. The van der Waals surface area contributed by atoms with E-state index in [-0.39, 0.29) is 5.91 Å². The van der Waals surface area contributed by atoms with Gasteiger partial charge < -0.3 is 9.47 Å². The van der Waals surface area contributed by atoms with E-state index in [1.54, 1.807) is 31.3 Å². The molecule has 0 radical (unpaired) electrons. The number of nitrogens with zero attached hydrogens (tertiary/aromatic N) is 1. The van der Waals surface area contributed by atoms with Crippen molar-refractivity contribution in [3.63, 3.8) is 0 Å². The largest absolute Gasteiger partial charge is 0.497 e. The lowest BCUT2D eigenvalue weighted by Gasteiger charge is -2.24. The quantitative estimate of drug-likeness (QED) is 0.680. The first-order chi connectivity index (χ1) is 12.2. The molecule has 126 valence electrons. The smallest absolute Gasteiger partial charge is 0.262 e. The SMILES string of the molecule is COc1ccc(N(C(=O)c2ccccc2)c2cccc(OC)c2)cc1. The number of carbonyl (C=O) groups excluding carboxylic acids is 1. The Bertz CT molecular complexity index is 845. The number of ether oxygens (including phenoxy) is 2. The third-order valence-corrected chi connectivity index (χ3v) is 3.87. The van der Waals surface area contributed by atoms with Gasteiger partial charge in [0.05, 0.1) is 19.9 Å². The number of rotatable bonds is 5. The molecule has 3 rings (SSSR count). The van der Waals surface area contributed by atoms with Gasteiger partial charge in [0.25, 0.3) is 5.91 Å². The van der Waals surface area contributed by atoms with E-state index in [0.717, 1.165) is 17.1 Å². The molecule has 0 saturated heterocycles. The van der Waals surface area contributed by atoms with Crippen molar-refractivity contribution >= 4 is 17.3 Å². The first-order valence-electron chi connectivity index (χ1n) is 7.90. The van der Waals surface area contributed by atoms with Crippen molar-refractivity contribution < 1.29 is 14.3 Å². The van der Waals surface area contributed by atoms with Crippen molar-refractivity contribution in [1.82, 2.24) is 0 Å². The van der Waals surface area contributed by atoms with Crippen molar-refractivity contribution in [1.29, 1.82) is 0 Å². The zero-order chi connectivity index (χ0) is 17.6. The van der Waals surface area contributed by atoms with Crippen LogP contribution in [0.3, 0.4) is 0 Å². The molecule has 0 aromatic heterocycles. The minimum atomic E-state index is -0.112. The summed E-state index contributed by atoms with van der Waals surface area (Å²) < 4.78 is 10.5. The van der Waals surface area contributed by atoms with Gasteiger partial charge in [0.15, 0.2) is 0 Å². The number of anilines is 2. The van der Waals surface area contributed by atoms with Gasteiger partial charge in [0.2, 0.25) is 0 Å². The number of carbonyl (C=O) groups is 1. The van der Waals surface area contributed by atoms with Crippen molar-refractivity contribution in [2.24, 2.45) is 0 Å². The van der Waals surface area contributed by atoms with Crippen LogP contribution in [0.5, 0.6) is 11.5 Å². The summed E-state index contributed by atoms with van der Waals surface area (Å²) in [7, 11) is 3.22. The maximum Gasteiger partial charge on any atom is 0.262 e. The topological polar surface area (TPSA) is 38.8 Å². The van der Waals surface area contributed by atoms with Crippen LogP contribution < -0.4 is 14.4 Å². The Hall–Kier alpha value is -3.27. The van der Waals surface area contributed by atoms with Gasteiger partial charge in [-0.2, -0.15) is 0 Å². The summed E-state index contributed by atoms with van der Waals surface area (Å²) in [4.78, 5) is 14.8. The Morgan fingerprint density at radius 3 is 2.04 bits per heavy atom. The maximum atomic E-state index is 13.2. The predicted octanol–water partition coefficient (Wildman–Crippen LogP) is 4.68. The van der Waals surface area contributed by atoms with Gasteiger partial charge in [-0.3, -0.25) is 9.69 Å². The third-order valence-electron chi connectivity index (χ3n) is 3.87. The van der Waals surface area contributed by atoms with Crippen molar-refractivity contribution in [3.8, 4) is 11.5 Å². The second-order valence-corrected chi connectivity index (χ2v) is 5.41. The number of hydrogen-bond acceptors (Lipinski definition) is 3. The minimum absolute atomic E-state index is 0.112. The Labute approximate surface area is 147 Å². The molecule has 0 aliphatic rings. The highest BCUT2D eigenvalue weighted by atomic mass is 16.5. The van der Waals surface area contributed by atoms with Gasteiger partial charge in [-0.15, -0.1) is 0 Å². The summed E-state index contributed by atoms with van der Waals surface area (Å²) in [5, 5.41) is 0. The van der Waals surface area contributed by atoms with E-state index in [0.29, 0.717) is 11.3 Å². The van der Waals surface area contributed by atoms with E-state index in [9.17, 15) is 4.79 Å². The van der Waals surface area contributed by atoms with Crippen LogP contribution >= 0.6 is 0 Å². The molecule has 0 bridgehead atoms. The lowest BCUT2D eigenvalue weighted by atomic mass is 10.1. The molecular formula is C21H19NO3. The highest BCUT2D eigenvalue weighted by Gasteiger charge is 2.20. The molecule has 0 unspecified atom stereocenters. The highest BCUT2D eigenvalue weighted by molar-refractivity contribution is 6.11. The fourth-order valence-corrected chi connectivity index (χ4v) is 2.57. The fourth-order valence-electron chi connectivity index (χ4n) is 2.57. The zero-order valence-electron chi connectivity index (χ0n) is 14.2. The predicted molar refractivity (Wildman–Crippen MR) is 98.9 cm³/mol. The van der Waals surface area contributed by atoms with E-state index in [1.165, 1.54) is 0 Å². The average Bonchev–Trinajstić information content (AvgIpc) is 2.69. The van der Waals surface area contributed by atoms with Gasteiger partial charge in [0, 0.05) is 17.3 Å². The summed E-state index contributed by atoms with van der Waals surface area (Å²) >= 11 is 0. The summed E-state index contributed by atoms with van der Waals surface area (Å²) in [6.45, 7) is 0. The summed E-state index contributed by atoms with van der Waals surface area (Å²) in [5.41, 5.74) is 2.10. The first kappa shape index (κ1) is 16.6. The lowest BCUT2D eigenvalue weighted by Crippen LogP contribution is -2.25. The molecule has 4 heteroatoms. The number of methoxy groups -OCH3 is 2. The third kappa shape index (κ3) is 3.63.